The van der Waals surface area contributed by atoms with E-state index in [2.05, 4.69) is 5.32 Å². The lowest BCUT2D eigenvalue weighted by Crippen LogP contribution is -2.41. The predicted octanol–water partition coefficient (Wildman–Crippen LogP) is 0.242. The van der Waals surface area contributed by atoms with Crippen LogP contribution in [0.1, 0.15) is 6.92 Å². The molecule has 0 aromatic heterocycles. The Bertz CT molecular complexity index is 119. The lowest BCUT2D eigenvalue weighted by molar-refractivity contribution is 0.142. The zero-order valence-corrected chi connectivity index (χ0v) is 6.30. The molecule has 0 spiro atoms. The van der Waals surface area contributed by atoms with Gasteiger partial charge >= 0.3 is 6.09 Å². The van der Waals surface area contributed by atoms with Crippen molar-refractivity contribution >= 4 is 17.7 Å². The molecule has 0 fully saturated rings. The summed E-state index contributed by atoms with van der Waals surface area (Å²) in [5.41, 5.74) is 0. The van der Waals surface area contributed by atoms with Gasteiger partial charge in [0.2, 0.25) is 0 Å². The number of carbonyl (C=O) groups is 1. The summed E-state index contributed by atoms with van der Waals surface area (Å²) >= 11 is 5.25. The first-order valence-corrected chi connectivity index (χ1v) is 3.35. The third-order valence-corrected chi connectivity index (χ3v) is 1.40. The van der Waals surface area contributed by atoms with Gasteiger partial charge in [0.15, 0.2) is 0 Å². The van der Waals surface area contributed by atoms with Gasteiger partial charge in [-0.15, -0.1) is 11.6 Å². The number of aliphatic hydroxyl groups excluding tert-OH is 1. The molecule has 0 rings (SSSR count). The average molecular weight is 168 g/mol. The standard InChI is InChI=1S/C5H10ClNO3/c1-3(4(8)2-6)7-5(9)10/h3-4,7-8H,2H2,1H3,(H,9,10)/t3-,4+/m1/s1. The summed E-state index contributed by atoms with van der Waals surface area (Å²) in [5, 5.41) is 19.2. The molecule has 2 atom stereocenters. The first kappa shape index (κ1) is 9.52. The average Bonchev–Trinajstić information content (AvgIpc) is 1.85. The van der Waals surface area contributed by atoms with Gasteiger partial charge in [-0.25, -0.2) is 4.79 Å². The topological polar surface area (TPSA) is 69.6 Å². The van der Waals surface area contributed by atoms with E-state index in [4.69, 9.17) is 21.8 Å². The highest BCUT2D eigenvalue weighted by Gasteiger charge is 2.13. The molecule has 0 aromatic carbocycles. The lowest BCUT2D eigenvalue weighted by Gasteiger charge is -2.15. The Morgan fingerprint density at radius 3 is 2.60 bits per heavy atom. The molecule has 0 aliphatic heterocycles. The molecule has 3 N–H and O–H groups in total. The van der Waals surface area contributed by atoms with E-state index < -0.39 is 18.2 Å². The van der Waals surface area contributed by atoms with Crippen LogP contribution in [0, 0.1) is 0 Å². The number of halogens is 1. The minimum Gasteiger partial charge on any atom is -0.465 e. The fraction of sp³-hybridized carbons (Fsp3) is 0.800. The third-order valence-electron chi connectivity index (χ3n) is 1.09. The number of hydrogen-bond donors (Lipinski definition) is 3. The number of hydrogen-bond acceptors (Lipinski definition) is 2. The van der Waals surface area contributed by atoms with Gasteiger partial charge in [0.1, 0.15) is 0 Å². The van der Waals surface area contributed by atoms with E-state index in [9.17, 15) is 4.79 Å². The Morgan fingerprint density at radius 2 is 2.30 bits per heavy atom. The van der Waals surface area contributed by atoms with Crippen molar-refractivity contribution < 1.29 is 15.0 Å². The second-order valence-corrected chi connectivity index (χ2v) is 2.27. The second kappa shape index (κ2) is 4.35. The van der Waals surface area contributed by atoms with Crippen LogP contribution < -0.4 is 5.32 Å². The van der Waals surface area contributed by atoms with Gasteiger partial charge in [-0.2, -0.15) is 0 Å². The van der Waals surface area contributed by atoms with Crippen LogP contribution in [0.2, 0.25) is 0 Å². The van der Waals surface area contributed by atoms with Crippen LogP contribution in [0.4, 0.5) is 4.79 Å². The van der Waals surface area contributed by atoms with Crippen molar-refractivity contribution in [2.24, 2.45) is 0 Å². The summed E-state index contributed by atoms with van der Waals surface area (Å²) in [6.45, 7) is 1.54. The van der Waals surface area contributed by atoms with Gasteiger partial charge in [-0.05, 0) is 6.92 Å². The Balaban J connectivity index is 3.61. The molecule has 10 heavy (non-hydrogen) atoms. The monoisotopic (exact) mass is 167 g/mol. The highest BCUT2D eigenvalue weighted by atomic mass is 35.5. The summed E-state index contributed by atoms with van der Waals surface area (Å²) in [5.74, 6) is 0.0292. The maximum Gasteiger partial charge on any atom is 0.404 e. The van der Waals surface area contributed by atoms with Crippen molar-refractivity contribution in [3.05, 3.63) is 0 Å². The van der Waals surface area contributed by atoms with E-state index in [0.717, 1.165) is 0 Å². The summed E-state index contributed by atoms with van der Waals surface area (Å²) in [4.78, 5) is 9.96. The molecule has 0 aliphatic carbocycles. The molecule has 0 radical (unpaired) electrons. The molecule has 5 heteroatoms. The molecule has 0 bridgehead atoms. The van der Waals surface area contributed by atoms with Gasteiger partial charge in [0.05, 0.1) is 18.0 Å². The van der Waals surface area contributed by atoms with Crippen molar-refractivity contribution in [2.75, 3.05) is 5.88 Å². The summed E-state index contributed by atoms with van der Waals surface area (Å²) < 4.78 is 0. The molecule has 0 saturated heterocycles. The number of aliphatic hydroxyl groups is 1. The molecule has 0 heterocycles. The molecule has 1 amide bonds. The lowest BCUT2D eigenvalue weighted by atomic mass is 10.2. The van der Waals surface area contributed by atoms with Gasteiger partial charge in [0, 0.05) is 0 Å². The minimum absolute atomic E-state index is 0.0292. The number of nitrogens with one attached hydrogen (secondary N) is 1. The first-order chi connectivity index (χ1) is 4.57. The van der Waals surface area contributed by atoms with E-state index in [1.807, 2.05) is 0 Å². The third kappa shape index (κ3) is 3.53. The number of amides is 1. The molecule has 0 saturated carbocycles. The molecule has 4 nitrogen and oxygen atoms in total. The number of rotatable bonds is 3. The normalized spacial score (nSPS) is 15.9. The first-order valence-electron chi connectivity index (χ1n) is 2.81. The molecular formula is C5H10ClNO3. The van der Waals surface area contributed by atoms with E-state index in [-0.39, 0.29) is 5.88 Å². The van der Waals surface area contributed by atoms with Crippen LogP contribution in [0.3, 0.4) is 0 Å². The Hall–Kier alpha value is -0.480. The van der Waals surface area contributed by atoms with Crippen LogP contribution in [0.25, 0.3) is 0 Å². The Morgan fingerprint density at radius 1 is 1.80 bits per heavy atom. The van der Waals surface area contributed by atoms with Gasteiger partial charge in [-0.1, -0.05) is 0 Å². The van der Waals surface area contributed by atoms with Gasteiger partial charge in [-0.3, -0.25) is 0 Å². The summed E-state index contributed by atoms with van der Waals surface area (Å²) in [6.07, 6.45) is -1.98. The van der Waals surface area contributed by atoms with Crippen molar-refractivity contribution in [3.8, 4) is 0 Å². The van der Waals surface area contributed by atoms with E-state index in [0.29, 0.717) is 0 Å². The highest BCUT2D eigenvalue weighted by molar-refractivity contribution is 6.18. The van der Waals surface area contributed by atoms with Crippen molar-refractivity contribution in [2.45, 2.75) is 19.1 Å². The van der Waals surface area contributed by atoms with Crippen LogP contribution in [-0.4, -0.2) is 34.3 Å². The fourth-order valence-corrected chi connectivity index (χ4v) is 0.692. The summed E-state index contributed by atoms with van der Waals surface area (Å²) in [6, 6.07) is -0.519. The molecular weight excluding hydrogens is 158 g/mol. The van der Waals surface area contributed by atoms with Crippen molar-refractivity contribution in [3.63, 3.8) is 0 Å². The van der Waals surface area contributed by atoms with E-state index in [1.54, 1.807) is 6.92 Å². The van der Waals surface area contributed by atoms with E-state index in [1.165, 1.54) is 0 Å². The number of carboxylic acid groups (broad SMARTS) is 1. The predicted molar refractivity (Wildman–Crippen MR) is 37.3 cm³/mol. The van der Waals surface area contributed by atoms with E-state index >= 15 is 0 Å². The maximum atomic E-state index is 9.96. The maximum absolute atomic E-state index is 9.96. The molecule has 0 unspecified atom stereocenters. The molecule has 0 aromatic rings. The molecule has 0 aliphatic rings. The zero-order chi connectivity index (χ0) is 8.15. The second-order valence-electron chi connectivity index (χ2n) is 1.96. The van der Waals surface area contributed by atoms with Crippen LogP contribution in [0.15, 0.2) is 0 Å². The number of alkyl halides is 1. The van der Waals surface area contributed by atoms with Gasteiger partial charge < -0.3 is 15.5 Å². The van der Waals surface area contributed by atoms with Crippen LogP contribution >= 0.6 is 11.6 Å². The van der Waals surface area contributed by atoms with Crippen molar-refractivity contribution in [1.29, 1.82) is 0 Å². The minimum atomic E-state index is -1.16. The van der Waals surface area contributed by atoms with Crippen LogP contribution in [-0.2, 0) is 0 Å². The smallest absolute Gasteiger partial charge is 0.404 e. The Labute approximate surface area is 63.8 Å². The zero-order valence-electron chi connectivity index (χ0n) is 5.54. The molecule has 60 valence electrons. The largest absolute Gasteiger partial charge is 0.465 e. The quantitative estimate of drug-likeness (QED) is 0.528. The van der Waals surface area contributed by atoms with Crippen molar-refractivity contribution in [1.82, 2.24) is 5.32 Å². The van der Waals surface area contributed by atoms with Gasteiger partial charge in [0.25, 0.3) is 0 Å². The Kier molecular flexibility index (Phi) is 4.14. The highest BCUT2D eigenvalue weighted by Crippen LogP contribution is 1.94. The summed E-state index contributed by atoms with van der Waals surface area (Å²) in [7, 11) is 0. The fourth-order valence-electron chi connectivity index (χ4n) is 0.425. The van der Waals surface area contributed by atoms with Crippen LogP contribution in [0.5, 0.6) is 0 Å². The SMILES string of the molecule is C[C@@H](NC(=O)O)[C@@H](O)CCl.